The van der Waals surface area contributed by atoms with Crippen molar-refractivity contribution in [1.82, 2.24) is 24.9 Å². The number of pyridine rings is 2. The lowest BCUT2D eigenvalue weighted by Crippen LogP contribution is -3.00. The quantitative estimate of drug-likeness (QED) is 0.0641. The average Bonchev–Trinajstić information content (AvgIpc) is 3.98. The van der Waals surface area contributed by atoms with Gasteiger partial charge in [-0.15, -0.1) is 0 Å². The maximum Gasteiger partial charge on any atom is 0.220 e. The number of aromatic nitrogens is 6. The molecule has 0 aliphatic carbocycles. The molecule has 6 rings (SSSR count). The van der Waals surface area contributed by atoms with Crippen LogP contribution < -0.4 is 39.3 Å². The molecule has 0 fully saturated rings. The van der Waals surface area contributed by atoms with Crippen molar-refractivity contribution < 1.29 is 43.5 Å². The SMILES string of the molecule is O=C(CCCSSCCNC(=O)CCC[n+]1ccc(/C=C/c2ccc(-n3cccn3)cc2)cc1)CCC[n+]1ccc(/C=C/c2ccc(-n3cccn3)cc2)cc1.[Cl-].[Cl-]. The van der Waals surface area contributed by atoms with Gasteiger partial charge in [-0.3, -0.25) is 9.59 Å². The van der Waals surface area contributed by atoms with Crippen LogP contribution in [0.2, 0.25) is 0 Å². The molecular formula is C45H49Cl2N7O2S2. The Balaban J connectivity index is 0.00000372. The third-order valence-electron chi connectivity index (χ3n) is 9.06. The maximum absolute atomic E-state index is 12.4. The Morgan fingerprint density at radius 1 is 0.569 bits per heavy atom. The summed E-state index contributed by atoms with van der Waals surface area (Å²) in [5, 5.41) is 11.6. The summed E-state index contributed by atoms with van der Waals surface area (Å²) in [4.78, 5) is 24.7. The lowest BCUT2D eigenvalue weighted by Gasteiger charge is -2.05. The van der Waals surface area contributed by atoms with E-state index in [0.717, 1.165) is 77.5 Å². The van der Waals surface area contributed by atoms with Crippen molar-refractivity contribution in [1.29, 1.82) is 0 Å². The molecule has 0 spiro atoms. The van der Waals surface area contributed by atoms with Crippen LogP contribution in [0.1, 0.15) is 60.8 Å². The van der Waals surface area contributed by atoms with E-state index < -0.39 is 0 Å². The van der Waals surface area contributed by atoms with Crippen molar-refractivity contribution >= 4 is 57.6 Å². The molecule has 4 heterocycles. The van der Waals surface area contributed by atoms with Crippen molar-refractivity contribution in [2.75, 3.05) is 18.1 Å². The van der Waals surface area contributed by atoms with Gasteiger partial charge in [-0.2, -0.15) is 10.2 Å². The Morgan fingerprint density at radius 3 is 1.47 bits per heavy atom. The van der Waals surface area contributed by atoms with Crippen LogP contribution in [0.15, 0.2) is 135 Å². The van der Waals surface area contributed by atoms with Gasteiger partial charge in [0.15, 0.2) is 24.8 Å². The topological polar surface area (TPSA) is 89.6 Å². The molecule has 1 N–H and O–H groups in total. The molecule has 0 saturated carbocycles. The number of ketones is 1. The van der Waals surface area contributed by atoms with Crippen LogP contribution in [0.3, 0.4) is 0 Å². The number of carbonyl (C=O) groups excluding carboxylic acids is 2. The summed E-state index contributed by atoms with van der Waals surface area (Å²) in [6.07, 6.45) is 28.4. The number of hydrogen-bond acceptors (Lipinski definition) is 6. The Hall–Kier alpha value is -4.94. The molecule has 0 saturated heterocycles. The molecule has 1 amide bonds. The van der Waals surface area contributed by atoms with Crippen molar-refractivity contribution in [3.8, 4) is 11.4 Å². The third kappa shape index (κ3) is 15.8. The second-order valence-corrected chi connectivity index (χ2v) is 16.0. The van der Waals surface area contributed by atoms with Crippen molar-refractivity contribution in [3.05, 3.63) is 157 Å². The molecule has 0 bridgehead atoms. The summed E-state index contributed by atoms with van der Waals surface area (Å²) in [5.41, 5.74) is 6.59. The molecule has 58 heavy (non-hydrogen) atoms. The number of aryl methyl sites for hydroxylation is 2. The molecule has 0 aliphatic rings. The van der Waals surface area contributed by atoms with Crippen LogP contribution in [0.25, 0.3) is 35.7 Å². The van der Waals surface area contributed by atoms with E-state index in [-0.39, 0.29) is 30.7 Å². The van der Waals surface area contributed by atoms with Crippen LogP contribution in [-0.2, 0) is 22.7 Å². The lowest BCUT2D eigenvalue weighted by molar-refractivity contribution is -0.697. The Bertz CT molecular complexity index is 1970. The van der Waals surface area contributed by atoms with E-state index in [4.69, 9.17) is 0 Å². The van der Waals surface area contributed by atoms with Gasteiger partial charge in [0.1, 0.15) is 18.9 Å². The van der Waals surface area contributed by atoms with Gasteiger partial charge in [0.25, 0.3) is 0 Å². The molecule has 0 radical (unpaired) electrons. The highest BCUT2D eigenvalue weighted by atomic mass is 35.5. The molecule has 13 heteroatoms. The van der Waals surface area contributed by atoms with Crippen LogP contribution in [0, 0.1) is 0 Å². The van der Waals surface area contributed by atoms with E-state index >= 15 is 0 Å². The molecule has 9 nitrogen and oxygen atoms in total. The summed E-state index contributed by atoms with van der Waals surface area (Å²) in [6.45, 7) is 2.28. The van der Waals surface area contributed by atoms with Crippen molar-refractivity contribution in [2.24, 2.45) is 0 Å². The molecular weight excluding hydrogens is 806 g/mol. The predicted octanol–water partition coefficient (Wildman–Crippen LogP) is 2.09. The van der Waals surface area contributed by atoms with Crippen LogP contribution >= 0.6 is 21.6 Å². The standard InChI is InChI=1S/C45H48N7O2S2.2ClH/c53-44(6-1-28-49-32-21-40(22-33-49)11-9-38-13-17-42(18-14-38)51-30-4-25-47-51)7-3-36-55-56-37-27-46-45(54)8-2-29-50-34-23-41(24-35-50)12-10-39-15-19-43(20-16-39)52-31-5-26-48-52;;/h4-5,9-26,30-35H,1-3,6-8,27-29,36-37H2;2*1H/q+1;;/p-1. The average molecular weight is 855 g/mol. The number of nitrogens with zero attached hydrogens (tertiary/aromatic N) is 6. The number of hydrogen-bond donors (Lipinski definition) is 1. The Kier molecular flexibility index (Phi) is 20.1. The van der Waals surface area contributed by atoms with Gasteiger partial charge in [-0.1, -0.05) is 70.2 Å². The van der Waals surface area contributed by atoms with Gasteiger partial charge in [0.05, 0.1) is 11.4 Å². The highest BCUT2D eigenvalue weighted by Crippen LogP contribution is 2.22. The zero-order valence-electron chi connectivity index (χ0n) is 32.4. The van der Waals surface area contributed by atoms with Crippen molar-refractivity contribution in [2.45, 2.75) is 51.6 Å². The van der Waals surface area contributed by atoms with E-state index in [0.29, 0.717) is 31.6 Å². The fourth-order valence-corrected chi connectivity index (χ4v) is 7.93. The first kappa shape index (κ1) is 45.8. The highest BCUT2D eigenvalue weighted by molar-refractivity contribution is 8.76. The van der Waals surface area contributed by atoms with E-state index in [2.05, 4.69) is 147 Å². The minimum absolute atomic E-state index is 0. The Morgan fingerprint density at radius 2 is 1.00 bits per heavy atom. The molecule has 0 atom stereocenters. The molecule has 6 aromatic rings. The zero-order valence-corrected chi connectivity index (χ0v) is 35.5. The van der Waals surface area contributed by atoms with E-state index in [9.17, 15) is 9.59 Å². The number of carbonyl (C=O) groups is 2. The van der Waals surface area contributed by atoms with Gasteiger partial charge in [-0.05, 0) is 65.1 Å². The number of halogens is 2. The monoisotopic (exact) mass is 853 g/mol. The summed E-state index contributed by atoms with van der Waals surface area (Å²) < 4.78 is 7.94. The molecule has 0 unspecified atom stereocenters. The van der Waals surface area contributed by atoms with E-state index in [1.54, 1.807) is 34.0 Å². The molecule has 2 aromatic carbocycles. The van der Waals surface area contributed by atoms with Gasteiger partial charge in [-0.25, -0.2) is 18.5 Å². The zero-order chi connectivity index (χ0) is 38.6. The molecule has 4 aromatic heterocycles. The highest BCUT2D eigenvalue weighted by Gasteiger charge is 2.08. The summed E-state index contributed by atoms with van der Waals surface area (Å²) >= 11 is 0. The first-order valence-corrected chi connectivity index (χ1v) is 21.6. The molecule has 0 aliphatic heterocycles. The van der Waals surface area contributed by atoms with Crippen LogP contribution in [-0.4, -0.2) is 49.3 Å². The second-order valence-electron chi connectivity index (χ2n) is 13.3. The van der Waals surface area contributed by atoms with E-state index in [1.807, 2.05) is 33.9 Å². The third-order valence-corrected chi connectivity index (χ3v) is 11.6. The second kappa shape index (κ2) is 25.4. The largest absolute Gasteiger partial charge is 1.00 e. The maximum atomic E-state index is 12.4. The summed E-state index contributed by atoms with van der Waals surface area (Å²) in [7, 11) is 3.53. The number of benzene rings is 2. The van der Waals surface area contributed by atoms with Gasteiger partial charge >= 0.3 is 0 Å². The predicted molar refractivity (Wildman–Crippen MR) is 229 cm³/mol. The van der Waals surface area contributed by atoms with Gasteiger partial charge in [0.2, 0.25) is 5.91 Å². The summed E-state index contributed by atoms with van der Waals surface area (Å²) in [5.74, 6) is 2.22. The number of nitrogens with one attached hydrogen (secondary N) is 1. The van der Waals surface area contributed by atoms with Crippen molar-refractivity contribution in [3.63, 3.8) is 0 Å². The van der Waals surface area contributed by atoms with Gasteiger partial charge < -0.3 is 30.1 Å². The first-order chi connectivity index (χ1) is 27.6. The first-order valence-electron chi connectivity index (χ1n) is 19.1. The Labute approximate surface area is 361 Å². The normalized spacial score (nSPS) is 11.0. The lowest BCUT2D eigenvalue weighted by atomic mass is 10.1. The number of Topliss-reactive ketones (excluding diaryl/α,β-unsaturated/α-hetero) is 1. The fourth-order valence-electron chi connectivity index (χ4n) is 5.94. The van der Waals surface area contributed by atoms with Gasteiger partial charge in [0, 0.05) is 99.2 Å². The number of rotatable bonds is 22. The van der Waals surface area contributed by atoms with E-state index in [1.165, 1.54) is 0 Å². The number of amides is 1. The minimum atomic E-state index is 0. The van der Waals surface area contributed by atoms with Crippen LogP contribution in [0.4, 0.5) is 0 Å². The molecule has 302 valence electrons. The van der Waals surface area contributed by atoms with Crippen LogP contribution in [0.5, 0.6) is 0 Å². The fraction of sp³-hybridized carbons (Fsp3) is 0.244. The smallest absolute Gasteiger partial charge is 0.220 e. The minimum Gasteiger partial charge on any atom is -1.00 e. The summed E-state index contributed by atoms with van der Waals surface area (Å²) in [6, 6.07) is 28.8.